The molecular formula is C11H12O2. The van der Waals surface area contributed by atoms with Crippen molar-refractivity contribution in [1.82, 2.24) is 0 Å². The van der Waals surface area contributed by atoms with Gasteiger partial charge in [-0.2, -0.15) is 0 Å². The average molecular weight is 176 g/mol. The van der Waals surface area contributed by atoms with E-state index in [-0.39, 0.29) is 0 Å². The highest BCUT2D eigenvalue weighted by Gasteiger charge is 2.49. The Labute approximate surface area is 77.2 Å². The first-order valence-electron chi connectivity index (χ1n) is 4.48. The lowest BCUT2D eigenvalue weighted by molar-refractivity contribution is -0.116. The van der Waals surface area contributed by atoms with Crippen LogP contribution in [0.2, 0.25) is 0 Å². The molecule has 0 aliphatic heterocycles. The molecule has 1 unspecified atom stereocenters. The molecule has 2 heteroatoms. The molecule has 0 spiro atoms. The maximum absolute atomic E-state index is 10.7. The highest BCUT2D eigenvalue weighted by atomic mass is 16.3. The predicted molar refractivity (Wildman–Crippen MR) is 49.1 cm³/mol. The Hall–Kier alpha value is -1.15. The van der Waals surface area contributed by atoms with Crippen molar-refractivity contribution in [3.05, 3.63) is 35.9 Å². The molecule has 1 aromatic carbocycles. The van der Waals surface area contributed by atoms with Gasteiger partial charge < -0.3 is 9.90 Å². The van der Waals surface area contributed by atoms with E-state index in [2.05, 4.69) is 0 Å². The first-order valence-corrected chi connectivity index (χ1v) is 4.48. The van der Waals surface area contributed by atoms with Crippen molar-refractivity contribution in [2.45, 2.75) is 18.9 Å². The van der Waals surface area contributed by atoms with E-state index in [0.29, 0.717) is 0 Å². The minimum Gasteiger partial charge on any atom is -0.387 e. The van der Waals surface area contributed by atoms with Gasteiger partial charge in [-0.25, -0.2) is 0 Å². The van der Waals surface area contributed by atoms with Gasteiger partial charge in [-0.05, 0) is 18.4 Å². The molecule has 1 N–H and O–H groups in total. The number of hydrogen-bond donors (Lipinski definition) is 1. The van der Waals surface area contributed by atoms with Gasteiger partial charge in [0, 0.05) is 0 Å². The highest BCUT2D eigenvalue weighted by molar-refractivity contribution is 5.65. The SMILES string of the molecule is O=CC1(C(O)c2ccccc2)CC1. The monoisotopic (exact) mass is 176 g/mol. The maximum Gasteiger partial charge on any atom is 0.129 e. The van der Waals surface area contributed by atoms with Crippen LogP contribution >= 0.6 is 0 Å². The van der Waals surface area contributed by atoms with Gasteiger partial charge >= 0.3 is 0 Å². The molecule has 1 aromatic rings. The van der Waals surface area contributed by atoms with Crippen LogP contribution in [0, 0.1) is 5.41 Å². The zero-order chi connectivity index (χ0) is 9.31. The largest absolute Gasteiger partial charge is 0.387 e. The summed E-state index contributed by atoms with van der Waals surface area (Å²) in [5.41, 5.74) is 0.369. The van der Waals surface area contributed by atoms with Gasteiger partial charge in [-0.15, -0.1) is 0 Å². The van der Waals surface area contributed by atoms with Crippen LogP contribution in [0.1, 0.15) is 24.5 Å². The van der Waals surface area contributed by atoms with E-state index < -0.39 is 11.5 Å². The summed E-state index contributed by atoms with van der Waals surface area (Å²) < 4.78 is 0. The smallest absolute Gasteiger partial charge is 0.129 e. The zero-order valence-corrected chi connectivity index (χ0v) is 7.31. The molecule has 0 radical (unpaired) electrons. The average Bonchev–Trinajstić information content (AvgIpc) is 2.99. The number of benzene rings is 1. The lowest BCUT2D eigenvalue weighted by Crippen LogP contribution is -2.14. The molecule has 1 fully saturated rings. The summed E-state index contributed by atoms with van der Waals surface area (Å²) in [5, 5.41) is 9.88. The van der Waals surface area contributed by atoms with E-state index in [1.165, 1.54) is 0 Å². The fourth-order valence-corrected chi connectivity index (χ4v) is 1.57. The second kappa shape index (κ2) is 2.96. The number of carbonyl (C=O) groups excluding carboxylic acids is 1. The van der Waals surface area contributed by atoms with Crippen LogP contribution in [-0.4, -0.2) is 11.4 Å². The third-order valence-corrected chi connectivity index (χ3v) is 2.72. The van der Waals surface area contributed by atoms with Gasteiger partial charge in [-0.3, -0.25) is 0 Å². The fraction of sp³-hybridized carbons (Fsp3) is 0.364. The molecular weight excluding hydrogens is 164 g/mol. The molecule has 0 bridgehead atoms. The van der Waals surface area contributed by atoms with Crippen molar-refractivity contribution in [3.63, 3.8) is 0 Å². The number of hydrogen-bond acceptors (Lipinski definition) is 2. The Balaban J connectivity index is 2.23. The Morgan fingerprint density at radius 3 is 2.38 bits per heavy atom. The fourth-order valence-electron chi connectivity index (χ4n) is 1.57. The normalized spacial score (nSPS) is 20.7. The van der Waals surface area contributed by atoms with Crippen molar-refractivity contribution in [1.29, 1.82) is 0 Å². The van der Waals surface area contributed by atoms with Gasteiger partial charge in [-0.1, -0.05) is 30.3 Å². The first-order chi connectivity index (χ1) is 6.28. The molecule has 68 valence electrons. The van der Waals surface area contributed by atoms with E-state index in [0.717, 1.165) is 24.7 Å². The molecule has 2 rings (SSSR count). The van der Waals surface area contributed by atoms with E-state index in [4.69, 9.17) is 0 Å². The summed E-state index contributed by atoms with van der Waals surface area (Å²) in [6.07, 6.45) is 1.90. The van der Waals surface area contributed by atoms with Crippen molar-refractivity contribution in [2.24, 2.45) is 5.41 Å². The standard InChI is InChI=1S/C11H12O2/c12-8-11(6-7-11)10(13)9-4-2-1-3-5-9/h1-5,8,10,13H,6-7H2. The number of aliphatic hydroxyl groups excluding tert-OH is 1. The van der Waals surface area contributed by atoms with Crippen molar-refractivity contribution < 1.29 is 9.90 Å². The molecule has 13 heavy (non-hydrogen) atoms. The quantitative estimate of drug-likeness (QED) is 0.712. The second-order valence-corrected chi connectivity index (χ2v) is 3.66. The summed E-state index contributed by atoms with van der Waals surface area (Å²) in [5.74, 6) is 0. The molecule has 1 atom stereocenters. The van der Waals surface area contributed by atoms with Crippen LogP contribution in [0.5, 0.6) is 0 Å². The van der Waals surface area contributed by atoms with E-state index in [1.807, 2.05) is 30.3 Å². The Morgan fingerprint density at radius 2 is 1.92 bits per heavy atom. The number of aliphatic hydroxyl groups is 1. The minimum absolute atomic E-state index is 0.471. The van der Waals surface area contributed by atoms with Crippen molar-refractivity contribution in [2.75, 3.05) is 0 Å². The first kappa shape index (κ1) is 8.45. The van der Waals surface area contributed by atoms with Gasteiger partial charge in [0.1, 0.15) is 6.29 Å². The summed E-state index contributed by atoms with van der Waals surface area (Å²) in [6, 6.07) is 9.36. The van der Waals surface area contributed by atoms with Crippen molar-refractivity contribution >= 4 is 6.29 Å². The van der Waals surface area contributed by atoms with Crippen LogP contribution < -0.4 is 0 Å². The van der Waals surface area contributed by atoms with Gasteiger partial charge in [0.25, 0.3) is 0 Å². The predicted octanol–water partition coefficient (Wildman–Crippen LogP) is 1.70. The summed E-state index contributed by atoms with van der Waals surface area (Å²) in [7, 11) is 0. The maximum atomic E-state index is 10.7. The summed E-state index contributed by atoms with van der Waals surface area (Å²) in [6.45, 7) is 0. The number of aldehydes is 1. The molecule has 2 nitrogen and oxygen atoms in total. The van der Waals surface area contributed by atoms with Crippen LogP contribution in [0.4, 0.5) is 0 Å². The van der Waals surface area contributed by atoms with Crippen LogP contribution in [0.3, 0.4) is 0 Å². The van der Waals surface area contributed by atoms with Crippen LogP contribution in [0.15, 0.2) is 30.3 Å². The minimum atomic E-state index is -0.619. The number of rotatable bonds is 3. The zero-order valence-electron chi connectivity index (χ0n) is 7.31. The third-order valence-electron chi connectivity index (χ3n) is 2.72. The Bertz CT molecular complexity index is 301. The molecule has 0 heterocycles. The summed E-state index contributed by atoms with van der Waals surface area (Å²) >= 11 is 0. The Kier molecular flexibility index (Phi) is 1.93. The van der Waals surface area contributed by atoms with Crippen molar-refractivity contribution in [3.8, 4) is 0 Å². The lowest BCUT2D eigenvalue weighted by atomic mass is 9.94. The van der Waals surface area contributed by atoms with Gasteiger partial charge in [0.15, 0.2) is 0 Å². The molecule has 0 aromatic heterocycles. The second-order valence-electron chi connectivity index (χ2n) is 3.66. The highest BCUT2D eigenvalue weighted by Crippen LogP contribution is 2.52. The molecule has 1 saturated carbocycles. The van der Waals surface area contributed by atoms with Crippen LogP contribution in [-0.2, 0) is 4.79 Å². The summed E-state index contributed by atoms with van der Waals surface area (Å²) in [4.78, 5) is 10.7. The topological polar surface area (TPSA) is 37.3 Å². The third kappa shape index (κ3) is 1.38. The lowest BCUT2D eigenvalue weighted by Gasteiger charge is -2.16. The van der Waals surface area contributed by atoms with Gasteiger partial charge in [0.05, 0.1) is 11.5 Å². The van der Waals surface area contributed by atoms with E-state index in [1.54, 1.807) is 0 Å². The van der Waals surface area contributed by atoms with Crippen LogP contribution in [0.25, 0.3) is 0 Å². The van der Waals surface area contributed by atoms with E-state index in [9.17, 15) is 9.90 Å². The molecule has 0 saturated heterocycles. The molecule has 1 aliphatic rings. The Morgan fingerprint density at radius 1 is 1.31 bits per heavy atom. The van der Waals surface area contributed by atoms with Gasteiger partial charge in [0.2, 0.25) is 0 Å². The molecule has 0 amide bonds. The van der Waals surface area contributed by atoms with E-state index >= 15 is 0 Å². The molecule has 1 aliphatic carbocycles. The number of carbonyl (C=O) groups is 1.